The number of benzene rings is 1. The average molecular weight is 316 g/mol. The van der Waals surface area contributed by atoms with E-state index in [2.05, 4.69) is 0 Å². The Kier molecular flexibility index (Phi) is 3.05. The van der Waals surface area contributed by atoms with Crippen LogP contribution in [0.15, 0.2) is 23.1 Å². The molecule has 0 aromatic heterocycles. The van der Waals surface area contributed by atoms with Crippen LogP contribution in [0.2, 0.25) is 0 Å². The molecule has 0 radical (unpaired) electrons. The van der Waals surface area contributed by atoms with Gasteiger partial charge in [0, 0.05) is 13.1 Å². The number of halogens is 1. The van der Waals surface area contributed by atoms with Gasteiger partial charge in [-0.2, -0.15) is 8.70 Å². The van der Waals surface area contributed by atoms with Gasteiger partial charge in [-0.15, -0.1) is 0 Å². The van der Waals surface area contributed by atoms with Crippen LogP contribution in [0.3, 0.4) is 0 Å². The summed E-state index contributed by atoms with van der Waals surface area (Å²) >= 11 is 0. The van der Waals surface area contributed by atoms with Gasteiger partial charge in [0.2, 0.25) is 15.8 Å². The van der Waals surface area contributed by atoms with E-state index in [-0.39, 0.29) is 19.0 Å². The van der Waals surface area contributed by atoms with Crippen molar-refractivity contribution in [2.75, 3.05) is 13.1 Å². The average Bonchev–Trinajstić information content (AvgIpc) is 3.18. The summed E-state index contributed by atoms with van der Waals surface area (Å²) < 4.78 is 39.2. The predicted molar refractivity (Wildman–Crippen MR) is 69.5 cm³/mol. The SMILES string of the molecule is O=[N+]([O-])c1c(F)cccc1S(=O)(=O)N1CC(O)(C2CC2)C1. The van der Waals surface area contributed by atoms with Crippen LogP contribution < -0.4 is 0 Å². The first-order chi connectivity index (χ1) is 9.75. The summed E-state index contributed by atoms with van der Waals surface area (Å²) in [6.07, 6.45) is 1.70. The van der Waals surface area contributed by atoms with Gasteiger partial charge < -0.3 is 5.11 Å². The molecular weight excluding hydrogens is 303 g/mol. The number of β-amino-alcohol motifs (C(OH)–C–C–N with tert-alkyl or cyclic N) is 1. The van der Waals surface area contributed by atoms with E-state index in [0.717, 1.165) is 35.3 Å². The summed E-state index contributed by atoms with van der Waals surface area (Å²) in [4.78, 5) is 9.17. The highest BCUT2D eigenvalue weighted by Crippen LogP contribution is 2.46. The molecule has 0 amide bonds. The molecule has 1 heterocycles. The Morgan fingerprint density at radius 3 is 2.52 bits per heavy atom. The minimum Gasteiger partial charge on any atom is -0.387 e. The van der Waals surface area contributed by atoms with Gasteiger partial charge in [0.25, 0.3) is 0 Å². The third-order valence-corrected chi connectivity index (χ3v) is 5.81. The molecule has 0 bridgehead atoms. The lowest BCUT2D eigenvalue weighted by atomic mass is 9.91. The molecule has 0 atom stereocenters. The van der Waals surface area contributed by atoms with E-state index >= 15 is 0 Å². The summed E-state index contributed by atoms with van der Waals surface area (Å²) in [5.41, 5.74) is -2.10. The molecule has 1 saturated heterocycles. The first-order valence-corrected chi connectivity index (χ1v) is 7.85. The van der Waals surface area contributed by atoms with Gasteiger partial charge in [-0.25, -0.2) is 8.42 Å². The fourth-order valence-corrected chi connectivity index (χ4v) is 4.37. The highest BCUT2D eigenvalue weighted by Gasteiger charge is 2.56. The van der Waals surface area contributed by atoms with Gasteiger partial charge in [0.1, 0.15) is 0 Å². The zero-order chi connectivity index (χ0) is 15.4. The summed E-state index contributed by atoms with van der Waals surface area (Å²) in [5.74, 6) is -1.11. The van der Waals surface area contributed by atoms with Crippen molar-refractivity contribution in [3.05, 3.63) is 34.1 Å². The molecule has 0 unspecified atom stereocenters. The minimum atomic E-state index is -4.19. The van der Waals surface area contributed by atoms with Crippen molar-refractivity contribution in [3.63, 3.8) is 0 Å². The quantitative estimate of drug-likeness (QED) is 0.656. The number of nitro benzene ring substituents is 1. The topological polar surface area (TPSA) is 101 Å². The lowest BCUT2D eigenvalue weighted by Crippen LogP contribution is -2.64. The van der Waals surface area contributed by atoms with E-state index in [4.69, 9.17) is 0 Å². The predicted octanol–water partition coefficient (Wildman–Crippen LogP) is 0.879. The monoisotopic (exact) mass is 316 g/mol. The van der Waals surface area contributed by atoms with Crippen LogP contribution in [0.1, 0.15) is 12.8 Å². The maximum atomic E-state index is 13.5. The van der Waals surface area contributed by atoms with Gasteiger partial charge in [-0.05, 0) is 30.9 Å². The molecule has 1 aliphatic carbocycles. The zero-order valence-electron chi connectivity index (χ0n) is 10.9. The number of sulfonamides is 1. The highest BCUT2D eigenvalue weighted by atomic mass is 32.2. The minimum absolute atomic E-state index is 0.0893. The lowest BCUT2D eigenvalue weighted by molar-refractivity contribution is -0.390. The molecule has 3 rings (SSSR count). The number of hydrogen-bond acceptors (Lipinski definition) is 5. The van der Waals surface area contributed by atoms with E-state index in [1.54, 1.807) is 0 Å². The molecule has 7 nitrogen and oxygen atoms in total. The van der Waals surface area contributed by atoms with E-state index < -0.39 is 36.9 Å². The standard InChI is InChI=1S/C12H13FN2O5S/c13-9-2-1-3-10(11(9)15(17)18)21(19,20)14-6-12(16,7-14)8-4-5-8/h1-3,8,16H,4-7H2. The molecule has 1 aromatic rings. The fraction of sp³-hybridized carbons (Fsp3) is 0.500. The van der Waals surface area contributed by atoms with Crippen molar-refractivity contribution in [2.45, 2.75) is 23.3 Å². The molecule has 114 valence electrons. The first-order valence-electron chi connectivity index (χ1n) is 6.41. The van der Waals surface area contributed by atoms with Crippen molar-refractivity contribution in [1.82, 2.24) is 4.31 Å². The van der Waals surface area contributed by atoms with E-state index in [9.17, 15) is 28.0 Å². The third kappa shape index (κ3) is 2.21. The molecule has 1 N–H and O–H groups in total. The molecule has 21 heavy (non-hydrogen) atoms. The molecule has 1 aliphatic heterocycles. The smallest absolute Gasteiger partial charge is 0.324 e. The van der Waals surface area contributed by atoms with Gasteiger partial charge in [0.05, 0.1) is 10.5 Å². The second-order valence-corrected chi connectivity index (χ2v) is 7.40. The van der Waals surface area contributed by atoms with Crippen LogP contribution in [0.4, 0.5) is 10.1 Å². The number of hydrogen-bond donors (Lipinski definition) is 1. The summed E-state index contributed by atoms with van der Waals surface area (Å²) in [6.45, 7) is -0.207. The van der Waals surface area contributed by atoms with E-state index in [1.165, 1.54) is 0 Å². The van der Waals surface area contributed by atoms with Crippen LogP contribution in [-0.4, -0.2) is 41.4 Å². The molecule has 1 saturated carbocycles. The van der Waals surface area contributed by atoms with Crippen LogP contribution >= 0.6 is 0 Å². The number of nitro groups is 1. The maximum Gasteiger partial charge on any atom is 0.324 e. The number of aliphatic hydroxyl groups is 1. The van der Waals surface area contributed by atoms with Gasteiger partial charge >= 0.3 is 5.69 Å². The fourth-order valence-electron chi connectivity index (χ4n) is 2.63. The van der Waals surface area contributed by atoms with Crippen molar-refractivity contribution < 1.29 is 22.8 Å². The first kappa shape index (κ1) is 14.4. The number of nitrogens with zero attached hydrogens (tertiary/aromatic N) is 2. The van der Waals surface area contributed by atoms with Crippen LogP contribution in [0.25, 0.3) is 0 Å². The summed E-state index contributed by atoms with van der Waals surface area (Å²) in [5, 5.41) is 21.0. The van der Waals surface area contributed by atoms with Gasteiger partial charge in [0.15, 0.2) is 4.90 Å². The van der Waals surface area contributed by atoms with Crippen molar-refractivity contribution in [2.24, 2.45) is 5.92 Å². The summed E-state index contributed by atoms with van der Waals surface area (Å²) in [6, 6.07) is 2.96. The highest BCUT2D eigenvalue weighted by molar-refractivity contribution is 7.89. The Morgan fingerprint density at radius 2 is 2.00 bits per heavy atom. The second-order valence-electron chi connectivity index (χ2n) is 5.49. The molecular formula is C12H13FN2O5S. The Hall–Kier alpha value is -1.58. The van der Waals surface area contributed by atoms with Crippen LogP contribution in [0.5, 0.6) is 0 Å². The third-order valence-electron chi connectivity index (χ3n) is 3.99. The number of para-hydroxylation sites is 1. The Balaban J connectivity index is 1.93. The van der Waals surface area contributed by atoms with Crippen molar-refractivity contribution in [3.8, 4) is 0 Å². The molecule has 2 fully saturated rings. The Bertz CT molecular complexity index is 710. The van der Waals surface area contributed by atoms with Gasteiger partial charge in [-0.3, -0.25) is 10.1 Å². The van der Waals surface area contributed by atoms with Crippen molar-refractivity contribution in [1.29, 1.82) is 0 Å². The largest absolute Gasteiger partial charge is 0.387 e. The van der Waals surface area contributed by atoms with Crippen LogP contribution in [-0.2, 0) is 10.0 Å². The zero-order valence-corrected chi connectivity index (χ0v) is 11.7. The van der Waals surface area contributed by atoms with E-state index in [1.807, 2.05) is 0 Å². The van der Waals surface area contributed by atoms with Crippen LogP contribution in [0, 0.1) is 21.8 Å². The lowest BCUT2D eigenvalue weighted by Gasteiger charge is -2.45. The molecule has 2 aliphatic rings. The molecule has 0 spiro atoms. The molecule has 1 aromatic carbocycles. The second kappa shape index (κ2) is 4.46. The Labute approximate surface area is 120 Å². The summed E-state index contributed by atoms with van der Waals surface area (Å²) in [7, 11) is -4.19. The van der Waals surface area contributed by atoms with Gasteiger partial charge in [-0.1, -0.05) is 6.07 Å². The maximum absolute atomic E-state index is 13.5. The van der Waals surface area contributed by atoms with E-state index in [0.29, 0.717) is 0 Å². The molecule has 9 heteroatoms. The Morgan fingerprint density at radius 1 is 1.38 bits per heavy atom. The normalized spacial score (nSPS) is 21.8. The number of rotatable bonds is 4. The van der Waals surface area contributed by atoms with Crippen molar-refractivity contribution >= 4 is 15.7 Å².